The Hall–Kier alpha value is -2.92. The van der Waals surface area contributed by atoms with Crippen molar-refractivity contribution in [3.05, 3.63) is 52.9 Å². The van der Waals surface area contributed by atoms with Gasteiger partial charge in [0.1, 0.15) is 22.9 Å². The normalized spacial score (nSPS) is 17.1. The molecule has 1 unspecified atom stereocenters. The summed E-state index contributed by atoms with van der Waals surface area (Å²) in [4.78, 5) is 36.0. The highest BCUT2D eigenvalue weighted by atomic mass is 32.2. The van der Waals surface area contributed by atoms with Crippen LogP contribution in [-0.2, 0) is 14.8 Å². The molecule has 1 fully saturated rings. The fraction of sp³-hybridized carbons (Fsp3) is 0.478. The van der Waals surface area contributed by atoms with E-state index in [2.05, 4.69) is 9.97 Å². The highest BCUT2D eigenvalue weighted by molar-refractivity contribution is 7.89. The number of benzene rings is 1. The lowest BCUT2D eigenvalue weighted by Crippen LogP contribution is -2.55. The van der Waals surface area contributed by atoms with Gasteiger partial charge in [-0.3, -0.25) is 4.79 Å². The Morgan fingerprint density at radius 2 is 1.79 bits per heavy atom. The van der Waals surface area contributed by atoms with Gasteiger partial charge in [-0.15, -0.1) is 0 Å². The predicted molar refractivity (Wildman–Crippen MR) is 122 cm³/mol. The van der Waals surface area contributed by atoms with Gasteiger partial charge >= 0.3 is 5.97 Å². The van der Waals surface area contributed by atoms with E-state index >= 15 is 0 Å². The van der Waals surface area contributed by atoms with Crippen LogP contribution in [0.1, 0.15) is 53.1 Å². The van der Waals surface area contributed by atoms with Gasteiger partial charge in [0, 0.05) is 25.7 Å². The summed E-state index contributed by atoms with van der Waals surface area (Å²) in [5.74, 6) is -1.23. The molecule has 3 rings (SSSR count). The molecule has 1 saturated heterocycles. The molecule has 0 radical (unpaired) electrons. The van der Waals surface area contributed by atoms with Crippen LogP contribution in [0.15, 0.2) is 29.2 Å². The number of nitrogens with zero attached hydrogens (tertiary/aromatic N) is 4. The van der Waals surface area contributed by atoms with Crippen molar-refractivity contribution in [3.63, 3.8) is 0 Å². The molecule has 9 nitrogen and oxygen atoms in total. The third-order valence-electron chi connectivity index (χ3n) is 5.43. The van der Waals surface area contributed by atoms with Crippen molar-refractivity contribution in [2.45, 2.75) is 45.6 Å². The van der Waals surface area contributed by atoms with E-state index in [1.54, 1.807) is 20.8 Å². The number of hydrogen-bond donors (Lipinski definition) is 0. The van der Waals surface area contributed by atoms with E-state index in [1.165, 1.54) is 21.3 Å². The van der Waals surface area contributed by atoms with Crippen molar-refractivity contribution in [1.82, 2.24) is 19.2 Å². The molecule has 2 heterocycles. The largest absolute Gasteiger partial charge is 0.462 e. The summed E-state index contributed by atoms with van der Waals surface area (Å²) in [6, 6.07) is 4.08. The first-order valence-electron chi connectivity index (χ1n) is 11.0. The highest BCUT2D eigenvalue weighted by Gasteiger charge is 2.37. The lowest BCUT2D eigenvalue weighted by Gasteiger charge is -2.38. The van der Waals surface area contributed by atoms with Gasteiger partial charge in [0.05, 0.1) is 17.2 Å². The standard InChI is InChI=1S/C23H29FN4O5S/c1-14(2)13-33-23(30)20-16(4)25-17(5)26-21(20)22(29)27-10-11-28(15(3)12-27)34(31,32)19-8-6-18(24)7-9-19/h6-9,14-15H,10-13H2,1-5H3. The molecule has 1 aliphatic rings. The second-order valence-electron chi connectivity index (χ2n) is 8.74. The van der Waals surface area contributed by atoms with E-state index in [9.17, 15) is 22.4 Å². The Labute approximate surface area is 199 Å². The second-order valence-corrected chi connectivity index (χ2v) is 10.6. The maximum atomic E-state index is 13.4. The number of amides is 1. The van der Waals surface area contributed by atoms with Gasteiger partial charge in [-0.2, -0.15) is 4.31 Å². The van der Waals surface area contributed by atoms with Gasteiger partial charge in [0.15, 0.2) is 0 Å². The number of rotatable bonds is 6. The summed E-state index contributed by atoms with van der Waals surface area (Å²) in [5, 5.41) is 0. The van der Waals surface area contributed by atoms with Crippen molar-refractivity contribution in [3.8, 4) is 0 Å². The fourth-order valence-corrected chi connectivity index (χ4v) is 5.41. The number of halogens is 1. The summed E-state index contributed by atoms with van der Waals surface area (Å²) in [7, 11) is -3.86. The Kier molecular flexibility index (Phi) is 7.67. The van der Waals surface area contributed by atoms with Crippen molar-refractivity contribution in [2.24, 2.45) is 5.92 Å². The Morgan fingerprint density at radius 3 is 2.38 bits per heavy atom. The smallest absolute Gasteiger partial charge is 0.342 e. The van der Waals surface area contributed by atoms with Crippen LogP contribution < -0.4 is 0 Å². The molecule has 34 heavy (non-hydrogen) atoms. The van der Waals surface area contributed by atoms with Crippen LogP contribution >= 0.6 is 0 Å². The SMILES string of the molecule is Cc1nc(C)c(C(=O)OCC(C)C)c(C(=O)N2CCN(S(=O)(=O)c3ccc(F)cc3)C(C)C2)n1. The van der Waals surface area contributed by atoms with Crippen LogP contribution in [-0.4, -0.2) is 71.8 Å². The number of aryl methyl sites for hydroxylation is 2. The minimum Gasteiger partial charge on any atom is -0.462 e. The molecule has 1 aromatic heterocycles. The van der Waals surface area contributed by atoms with E-state index < -0.39 is 33.8 Å². The third kappa shape index (κ3) is 5.41. The van der Waals surface area contributed by atoms with Gasteiger partial charge in [-0.1, -0.05) is 13.8 Å². The number of carbonyl (C=O) groups is 2. The maximum absolute atomic E-state index is 13.4. The molecule has 1 amide bonds. The summed E-state index contributed by atoms with van der Waals surface area (Å²) < 4.78 is 45.9. The molecule has 1 aromatic carbocycles. The predicted octanol–water partition coefficient (Wildman–Crippen LogP) is 2.58. The van der Waals surface area contributed by atoms with Crippen LogP contribution in [0.25, 0.3) is 0 Å². The maximum Gasteiger partial charge on any atom is 0.342 e. The van der Waals surface area contributed by atoms with Gasteiger partial charge in [-0.25, -0.2) is 27.6 Å². The van der Waals surface area contributed by atoms with Crippen LogP contribution in [0.3, 0.4) is 0 Å². The van der Waals surface area contributed by atoms with Gasteiger partial charge in [0.2, 0.25) is 10.0 Å². The molecule has 1 aliphatic heterocycles. The molecule has 0 bridgehead atoms. The minimum atomic E-state index is -3.86. The Bertz CT molecular complexity index is 1180. The molecular formula is C23H29FN4O5S. The quantitative estimate of drug-likeness (QED) is 0.570. The zero-order chi connectivity index (χ0) is 25.2. The average Bonchev–Trinajstić information content (AvgIpc) is 2.76. The number of sulfonamides is 1. The average molecular weight is 493 g/mol. The van der Waals surface area contributed by atoms with E-state index in [1.807, 2.05) is 13.8 Å². The van der Waals surface area contributed by atoms with Crippen molar-refractivity contribution in [2.75, 3.05) is 26.2 Å². The van der Waals surface area contributed by atoms with E-state index in [4.69, 9.17) is 4.74 Å². The first-order valence-corrected chi connectivity index (χ1v) is 12.4. The molecule has 11 heteroatoms. The van der Waals surface area contributed by atoms with Crippen molar-refractivity contribution >= 4 is 21.9 Å². The molecule has 2 aromatic rings. The van der Waals surface area contributed by atoms with Gasteiger partial charge in [0.25, 0.3) is 5.91 Å². The fourth-order valence-electron chi connectivity index (χ4n) is 3.80. The monoisotopic (exact) mass is 492 g/mol. The molecule has 1 atom stereocenters. The lowest BCUT2D eigenvalue weighted by molar-refractivity contribution is 0.0446. The molecule has 0 N–H and O–H groups in total. The number of ether oxygens (including phenoxy) is 1. The topological polar surface area (TPSA) is 110 Å². The first-order chi connectivity index (χ1) is 15.9. The number of carbonyl (C=O) groups excluding carboxylic acids is 2. The van der Waals surface area contributed by atoms with Crippen LogP contribution in [0, 0.1) is 25.6 Å². The number of piperazine rings is 1. The first kappa shape index (κ1) is 25.7. The Morgan fingerprint density at radius 1 is 1.15 bits per heavy atom. The van der Waals surface area contributed by atoms with E-state index in [0.29, 0.717) is 11.5 Å². The van der Waals surface area contributed by atoms with Crippen LogP contribution in [0.5, 0.6) is 0 Å². The van der Waals surface area contributed by atoms with Gasteiger partial charge in [-0.05, 0) is 51.0 Å². The summed E-state index contributed by atoms with van der Waals surface area (Å²) >= 11 is 0. The van der Waals surface area contributed by atoms with Gasteiger partial charge < -0.3 is 9.64 Å². The van der Waals surface area contributed by atoms with Crippen LogP contribution in [0.2, 0.25) is 0 Å². The second kappa shape index (κ2) is 10.1. The Balaban J connectivity index is 1.83. The number of aromatic nitrogens is 2. The summed E-state index contributed by atoms with van der Waals surface area (Å²) in [5.41, 5.74) is 0.307. The van der Waals surface area contributed by atoms with Crippen molar-refractivity contribution < 1.29 is 27.1 Å². The zero-order valence-corrected chi connectivity index (χ0v) is 20.7. The molecule has 0 aliphatic carbocycles. The number of hydrogen-bond acceptors (Lipinski definition) is 7. The summed E-state index contributed by atoms with van der Waals surface area (Å²) in [6.45, 7) is 9.18. The molecule has 0 saturated carbocycles. The summed E-state index contributed by atoms with van der Waals surface area (Å²) in [6.07, 6.45) is 0. The highest BCUT2D eigenvalue weighted by Crippen LogP contribution is 2.23. The molecule has 184 valence electrons. The minimum absolute atomic E-state index is 0.0160. The lowest BCUT2D eigenvalue weighted by atomic mass is 10.1. The zero-order valence-electron chi connectivity index (χ0n) is 19.9. The van der Waals surface area contributed by atoms with E-state index in [0.717, 1.165) is 12.1 Å². The third-order valence-corrected chi connectivity index (χ3v) is 7.46. The van der Waals surface area contributed by atoms with Crippen LogP contribution in [0.4, 0.5) is 4.39 Å². The molecular weight excluding hydrogens is 463 g/mol. The van der Waals surface area contributed by atoms with E-state index in [-0.39, 0.29) is 48.3 Å². The van der Waals surface area contributed by atoms with Crippen molar-refractivity contribution in [1.29, 1.82) is 0 Å². The number of esters is 1. The molecule has 0 spiro atoms.